The van der Waals surface area contributed by atoms with Crippen LogP contribution in [0.15, 0.2) is 53.6 Å². The lowest BCUT2D eigenvalue weighted by atomic mass is 10.1. The van der Waals surface area contributed by atoms with Crippen molar-refractivity contribution in [3.63, 3.8) is 0 Å². The summed E-state index contributed by atoms with van der Waals surface area (Å²) in [5.74, 6) is -0.0599. The summed E-state index contributed by atoms with van der Waals surface area (Å²) in [5.41, 5.74) is 4.07. The number of halogens is 1. The number of hydrogen-bond acceptors (Lipinski definition) is 4. The van der Waals surface area contributed by atoms with E-state index in [0.717, 1.165) is 17.0 Å². The van der Waals surface area contributed by atoms with Crippen LogP contribution in [0.3, 0.4) is 0 Å². The Morgan fingerprint density at radius 1 is 1.23 bits per heavy atom. The van der Waals surface area contributed by atoms with Crippen molar-refractivity contribution in [2.75, 3.05) is 18.6 Å². The SMILES string of the molecule is COc1ccc(/C=N\NC(=O)[C@@H]2CC(=O)N(c3ccc(Cl)cc3)C2)cc1. The standard InChI is InChI=1S/C19H18ClN3O3/c1-26-17-8-2-13(3-9-17)11-21-22-19(25)14-10-18(24)23(12-14)16-6-4-15(20)5-7-16/h2-9,11,14H,10,12H2,1H3,(H,22,25)/b21-11-/t14-/m1/s1. The highest BCUT2D eigenvalue weighted by molar-refractivity contribution is 6.30. The zero-order valence-electron chi connectivity index (χ0n) is 14.2. The van der Waals surface area contributed by atoms with Gasteiger partial charge in [0.05, 0.1) is 19.2 Å². The van der Waals surface area contributed by atoms with Crippen LogP contribution in [0.4, 0.5) is 5.69 Å². The Bertz CT molecular complexity index is 819. The molecule has 1 saturated heterocycles. The minimum absolute atomic E-state index is 0.0911. The molecule has 134 valence electrons. The molecule has 7 heteroatoms. The molecule has 0 saturated carbocycles. The summed E-state index contributed by atoms with van der Waals surface area (Å²) in [4.78, 5) is 26.1. The second-order valence-electron chi connectivity index (χ2n) is 5.89. The average molecular weight is 372 g/mol. The first-order valence-electron chi connectivity index (χ1n) is 8.09. The molecule has 6 nitrogen and oxygen atoms in total. The van der Waals surface area contributed by atoms with Crippen LogP contribution in [0.2, 0.25) is 5.02 Å². The fourth-order valence-electron chi connectivity index (χ4n) is 2.71. The van der Waals surface area contributed by atoms with Gasteiger partial charge in [-0.2, -0.15) is 5.10 Å². The molecule has 1 aliphatic heterocycles. The Labute approximate surface area is 156 Å². The van der Waals surface area contributed by atoms with Crippen LogP contribution in [0.25, 0.3) is 0 Å². The Kier molecular flexibility index (Phi) is 5.53. The number of nitrogens with zero attached hydrogens (tertiary/aromatic N) is 2. The van der Waals surface area contributed by atoms with Gasteiger partial charge in [-0.3, -0.25) is 9.59 Å². The maximum Gasteiger partial charge on any atom is 0.245 e. The van der Waals surface area contributed by atoms with E-state index in [4.69, 9.17) is 16.3 Å². The lowest BCUT2D eigenvalue weighted by molar-refractivity contribution is -0.126. The van der Waals surface area contributed by atoms with E-state index in [9.17, 15) is 9.59 Å². The molecule has 2 amide bonds. The van der Waals surface area contributed by atoms with E-state index in [2.05, 4.69) is 10.5 Å². The number of anilines is 1. The summed E-state index contributed by atoms with van der Waals surface area (Å²) in [6.07, 6.45) is 1.71. The first-order chi connectivity index (χ1) is 12.6. The molecular formula is C19H18ClN3O3. The summed E-state index contributed by atoms with van der Waals surface area (Å²) in [5, 5.41) is 4.56. The van der Waals surface area contributed by atoms with E-state index in [1.807, 2.05) is 24.3 Å². The predicted molar refractivity (Wildman–Crippen MR) is 101 cm³/mol. The molecule has 26 heavy (non-hydrogen) atoms. The zero-order valence-corrected chi connectivity index (χ0v) is 14.9. The minimum atomic E-state index is -0.439. The number of methoxy groups -OCH3 is 1. The molecule has 0 radical (unpaired) electrons. The third-order valence-electron chi connectivity index (χ3n) is 4.14. The molecule has 0 bridgehead atoms. The van der Waals surface area contributed by atoms with Crippen molar-refractivity contribution in [2.24, 2.45) is 11.0 Å². The van der Waals surface area contributed by atoms with Gasteiger partial charge in [-0.15, -0.1) is 0 Å². The summed E-state index contributed by atoms with van der Waals surface area (Å²) < 4.78 is 5.08. The quantitative estimate of drug-likeness (QED) is 0.649. The normalized spacial score (nSPS) is 16.9. The second-order valence-corrected chi connectivity index (χ2v) is 6.33. The van der Waals surface area contributed by atoms with Crippen molar-refractivity contribution >= 4 is 35.3 Å². The van der Waals surface area contributed by atoms with Gasteiger partial charge in [0.1, 0.15) is 5.75 Å². The van der Waals surface area contributed by atoms with Gasteiger partial charge in [-0.1, -0.05) is 11.6 Å². The lowest BCUT2D eigenvalue weighted by Gasteiger charge is -2.16. The van der Waals surface area contributed by atoms with Gasteiger partial charge in [0, 0.05) is 23.7 Å². The van der Waals surface area contributed by atoms with Gasteiger partial charge in [0.2, 0.25) is 11.8 Å². The highest BCUT2D eigenvalue weighted by Crippen LogP contribution is 2.26. The van der Waals surface area contributed by atoms with Crippen molar-refractivity contribution in [1.82, 2.24) is 5.43 Å². The van der Waals surface area contributed by atoms with Crippen molar-refractivity contribution < 1.29 is 14.3 Å². The number of hydrogen-bond donors (Lipinski definition) is 1. The summed E-state index contributed by atoms with van der Waals surface area (Å²) in [6.45, 7) is 0.324. The Balaban J connectivity index is 1.57. The van der Waals surface area contributed by atoms with Gasteiger partial charge in [0.25, 0.3) is 0 Å². The summed E-state index contributed by atoms with van der Waals surface area (Å²) in [6, 6.07) is 14.2. The monoisotopic (exact) mass is 371 g/mol. The fourth-order valence-corrected chi connectivity index (χ4v) is 2.83. The van der Waals surface area contributed by atoms with E-state index in [0.29, 0.717) is 11.6 Å². The Morgan fingerprint density at radius 3 is 2.58 bits per heavy atom. The number of benzene rings is 2. The van der Waals surface area contributed by atoms with Crippen LogP contribution >= 0.6 is 11.6 Å². The molecule has 1 aliphatic rings. The number of rotatable bonds is 5. The topological polar surface area (TPSA) is 71.0 Å². The molecule has 0 aliphatic carbocycles. The van der Waals surface area contributed by atoms with Gasteiger partial charge in [-0.25, -0.2) is 5.43 Å². The largest absolute Gasteiger partial charge is 0.497 e. The summed E-state index contributed by atoms with van der Waals surface area (Å²) in [7, 11) is 1.60. The van der Waals surface area contributed by atoms with E-state index < -0.39 is 5.92 Å². The van der Waals surface area contributed by atoms with E-state index in [1.165, 1.54) is 0 Å². The fraction of sp³-hybridized carbons (Fsp3) is 0.211. The molecule has 3 rings (SSSR count). The maximum absolute atomic E-state index is 12.3. The van der Waals surface area contributed by atoms with Crippen LogP contribution in [0, 0.1) is 5.92 Å². The molecule has 1 heterocycles. The molecule has 1 fully saturated rings. The van der Waals surface area contributed by atoms with Crippen LogP contribution < -0.4 is 15.1 Å². The van der Waals surface area contributed by atoms with Crippen molar-refractivity contribution in [3.8, 4) is 5.75 Å². The van der Waals surface area contributed by atoms with E-state index in [-0.39, 0.29) is 18.2 Å². The van der Waals surface area contributed by atoms with Gasteiger partial charge in [0.15, 0.2) is 0 Å². The molecule has 0 spiro atoms. The molecule has 2 aromatic rings. The zero-order chi connectivity index (χ0) is 18.5. The molecular weight excluding hydrogens is 354 g/mol. The van der Waals surface area contributed by atoms with Crippen molar-refractivity contribution in [1.29, 1.82) is 0 Å². The van der Waals surface area contributed by atoms with Crippen LogP contribution in [-0.4, -0.2) is 31.7 Å². The number of nitrogens with one attached hydrogen (secondary N) is 1. The third kappa shape index (κ3) is 4.21. The van der Waals surface area contributed by atoms with E-state index >= 15 is 0 Å². The van der Waals surface area contributed by atoms with Gasteiger partial charge >= 0.3 is 0 Å². The highest BCUT2D eigenvalue weighted by Gasteiger charge is 2.35. The highest BCUT2D eigenvalue weighted by atomic mass is 35.5. The number of carbonyl (C=O) groups excluding carboxylic acids is 2. The summed E-state index contributed by atoms with van der Waals surface area (Å²) >= 11 is 5.87. The number of carbonyl (C=O) groups is 2. The molecule has 0 unspecified atom stereocenters. The number of ether oxygens (including phenoxy) is 1. The minimum Gasteiger partial charge on any atom is -0.497 e. The van der Waals surface area contributed by atoms with Crippen LogP contribution in [-0.2, 0) is 9.59 Å². The predicted octanol–water partition coefficient (Wildman–Crippen LogP) is 2.85. The molecule has 0 aromatic heterocycles. The molecule has 1 atom stereocenters. The van der Waals surface area contributed by atoms with Crippen LogP contribution in [0.1, 0.15) is 12.0 Å². The molecule has 1 N–H and O–H groups in total. The smallest absolute Gasteiger partial charge is 0.245 e. The molecule has 2 aromatic carbocycles. The number of hydrazone groups is 1. The van der Waals surface area contributed by atoms with E-state index in [1.54, 1.807) is 42.5 Å². The maximum atomic E-state index is 12.3. The van der Waals surface area contributed by atoms with Gasteiger partial charge in [-0.05, 0) is 54.1 Å². The second kappa shape index (κ2) is 8.01. The Morgan fingerprint density at radius 2 is 1.92 bits per heavy atom. The number of amides is 2. The lowest BCUT2D eigenvalue weighted by Crippen LogP contribution is -2.30. The first-order valence-corrected chi connectivity index (χ1v) is 8.47. The third-order valence-corrected chi connectivity index (χ3v) is 4.39. The van der Waals surface area contributed by atoms with Crippen LogP contribution in [0.5, 0.6) is 5.75 Å². The van der Waals surface area contributed by atoms with Crippen molar-refractivity contribution in [2.45, 2.75) is 6.42 Å². The van der Waals surface area contributed by atoms with Crippen molar-refractivity contribution in [3.05, 3.63) is 59.1 Å². The Hall–Kier alpha value is -2.86. The first kappa shape index (κ1) is 17.9. The van der Waals surface area contributed by atoms with Gasteiger partial charge < -0.3 is 9.64 Å². The average Bonchev–Trinajstić information content (AvgIpc) is 3.05.